The molecule has 32 heavy (non-hydrogen) atoms. The second-order valence-electron chi connectivity index (χ2n) is 7.98. The highest BCUT2D eigenvalue weighted by Crippen LogP contribution is 2.41. The molecule has 172 valence electrons. The van der Waals surface area contributed by atoms with Crippen molar-refractivity contribution < 1.29 is 22.4 Å². The van der Waals surface area contributed by atoms with Crippen molar-refractivity contribution in [3.63, 3.8) is 0 Å². The van der Waals surface area contributed by atoms with Crippen LogP contribution < -0.4 is 15.8 Å². The summed E-state index contributed by atoms with van der Waals surface area (Å²) in [7, 11) is -2.58. The SMILES string of the molecule is CNC(=O)c1cc(Br)c(F)cc1NC(=O)C1(c2ccccc2C(C)C)CN(S(N)(=O)=O)C1. The van der Waals surface area contributed by atoms with Gasteiger partial charge in [0.2, 0.25) is 5.91 Å². The lowest BCUT2D eigenvalue weighted by atomic mass is 9.71. The number of nitrogens with zero attached hydrogens (tertiary/aromatic N) is 1. The van der Waals surface area contributed by atoms with Crippen LogP contribution in [0.2, 0.25) is 0 Å². The van der Waals surface area contributed by atoms with E-state index < -0.39 is 33.3 Å². The van der Waals surface area contributed by atoms with Gasteiger partial charge in [-0.25, -0.2) is 9.53 Å². The maximum Gasteiger partial charge on any atom is 0.276 e. The Kier molecular flexibility index (Phi) is 6.75. The van der Waals surface area contributed by atoms with Gasteiger partial charge in [0.25, 0.3) is 16.1 Å². The number of carbonyl (C=O) groups excluding carboxylic acids is 2. The van der Waals surface area contributed by atoms with Crippen molar-refractivity contribution in [2.24, 2.45) is 5.14 Å². The summed E-state index contributed by atoms with van der Waals surface area (Å²) in [6.45, 7) is 3.59. The third-order valence-corrected chi connectivity index (χ3v) is 7.15. The molecule has 1 aliphatic rings. The molecule has 0 aliphatic carbocycles. The van der Waals surface area contributed by atoms with Crippen molar-refractivity contribution in [3.8, 4) is 0 Å². The van der Waals surface area contributed by atoms with Crippen LogP contribution in [0.1, 0.15) is 41.3 Å². The van der Waals surface area contributed by atoms with E-state index in [1.807, 2.05) is 26.0 Å². The van der Waals surface area contributed by atoms with E-state index >= 15 is 0 Å². The van der Waals surface area contributed by atoms with Crippen LogP contribution in [-0.2, 0) is 20.4 Å². The Morgan fingerprint density at radius 2 is 1.84 bits per heavy atom. The number of anilines is 1. The molecule has 1 fully saturated rings. The van der Waals surface area contributed by atoms with Crippen LogP contribution in [0.15, 0.2) is 40.9 Å². The van der Waals surface area contributed by atoms with Crippen LogP contribution in [0, 0.1) is 5.82 Å². The lowest BCUT2D eigenvalue weighted by Gasteiger charge is -2.48. The first-order valence-electron chi connectivity index (χ1n) is 9.80. The number of benzene rings is 2. The van der Waals surface area contributed by atoms with Crippen LogP contribution in [0.25, 0.3) is 0 Å². The third kappa shape index (κ3) is 4.42. The summed E-state index contributed by atoms with van der Waals surface area (Å²) >= 11 is 3.05. The molecule has 0 unspecified atom stereocenters. The van der Waals surface area contributed by atoms with Gasteiger partial charge in [0.15, 0.2) is 0 Å². The average Bonchev–Trinajstić information content (AvgIpc) is 2.68. The van der Waals surface area contributed by atoms with Gasteiger partial charge < -0.3 is 10.6 Å². The zero-order valence-corrected chi connectivity index (χ0v) is 20.2. The van der Waals surface area contributed by atoms with Crippen LogP contribution in [-0.4, -0.2) is 44.7 Å². The smallest absolute Gasteiger partial charge is 0.276 e. The minimum absolute atomic E-state index is 0.0227. The number of halogens is 2. The zero-order chi connectivity index (χ0) is 23.8. The maximum absolute atomic E-state index is 14.2. The first-order chi connectivity index (χ1) is 14.9. The maximum atomic E-state index is 14.2. The number of nitrogens with one attached hydrogen (secondary N) is 2. The molecule has 11 heteroatoms. The molecule has 2 aromatic rings. The van der Waals surface area contributed by atoms with Crippen molar-refractivity contribution in [1.29, 1.82) is 0 Å². The second kappa shape index (κ2) is 8.89. The molecule has 0 bridgehead atoms. The number of hydrogen-bond acceptors (Lipinski definition) is 4. The minimum Gasteiger partial charge on any atom is -0.355 e. The second-order valence-corrected chi connectivity index (χ2v) is 10.4. The van der Waals surface area contributed by atoms with E-state index in [0.717, 1.165) is 15.9 Å². The van der Waals surface area contributed by atoms with Crippen LogP contribution >= 0.6 is 15.9 Å². The van der Waals surface area contributed by atoms with Gasteiger partial charge in [0.1, 0.15) is 11.2 Å². The molecule has 1 heterocycles. The quantitative estimate of drug-likeness (QED) is 0.535. The summed E-state index contributed by atoms with van der Waals surface area (Å²) in [5.41, 5.74) is 0.322. The standard InChI is InChI=1S/C21H24BrFN4O4S/c1-12(2)13-6-4-5-7-15(13)21(10-27(11-21)32(24,30)31)20(29)26-18-9-17(23)16(22)8-14(18)19(28)25-3/h4-9,12H,10-11H2,1-3H3,(H,25,28)(H,26,29)(H2,24,30,31). The summed E-state index contributed by atoms with van der Waals surface area (Å²) in [4.78, 5) is 25.9. The number of carbonyl (C=O) groups is 2. The number of nitrogens with two attached hydrogens (primary N) is 1. The van der Waals surface area contributed by atoms with Gasteiger partial charge in [-0.15, -0.1) is 0 Å². The van der Waals surface area contributed by atoms with Crippen LogP contribution in [0.3, 0.4) is 0 Å². The summed E-state index contributed by atoms with van der Waals surface area (Å²) < 4.78 is 39.0. The first kappa shape index (κ1) is 24.3. The molecular formula is C21H24BrFN4O4S. The molecule has 0 spiro atoms. The molecular weight excluding hydrogens is 503 g/mol. The van der Waals surface area contributed by atoms with Gasteiger partial charge in [-0.2, -0.15) is 12.7 Å². The van der Waals surface area contributed by atoms with Crippen molar-refractivity contribution >= 4 is 43.6 Å². The topological polar surface area (TPSA) is 122 Å². The zero-order valence-electron chi connectivity index (χ0n) is 17.8. The Balaban J connectivity index is 2.08. The van der Waals surface area contributed by atoms with E-state index in [9.17, 15) is 22.4 Å². The number of hydrogen-bond donors (Lipinski definition) is 3. The Hall–Kier alpha value is -2.34. The van der Waals surface area contributed by atoms with Crippen molar-refractivity contribution in [1.82, 2.24) is 9.62 Å². The van der Waals surface area contributed by atoms with E-state index in [0.29, 0.717) is 5.56 Å². The highest BCUT2D eigenvalue weighted by Gasteiger charge is 2.55. The monoisotopic (exact) mass is 526 g/mol. The molecule has 2 amide bonds. The van der Waals surface area contributed by atoms with Gasteiger partial charge in [-0.05, 0) is 45.1 Å². The van der Waals surface area contributed by atoms with E-state index in [1.54, 1.807) is 12.1 Å². The molecule has 2 aromatic carbocycles. The molecule has 0 radical (unpaired) electrons. The van der Waals surface area contributed by atoms with Gasteiger partial charge in [0, 0.05) is 20.1 Å². The Morgan fingerprint density at radius 3 is 2.41 bits per heavy atom. The largest absolute Gasteiger partial charge is 0.355 e. The summed E-state index contributed by atoms with van der Waals surface area (Å²) in [5.74, 6) is -1.68. The van der Waals surface area contributed by atoms with Gasteiger partial charge in [-0.3, -0.25) is 9.59 Å². The molecule has 1 saturated heterocycles. The lowest BCUT2D eigenvalue weighted by molar-refractivity contribution is -0.125. The normalized spacial score (nSPS) is 15.8. The predicted molar refractivity (Wildman–Crippen MR) is 123 cm³/mol. The van der Waals surface area contributed by atoms with Crippen molar-refractivity contribution in [2.45, 2.75) is 25.2 Å². The average molecular weight is 527 g/mol. The Labute approximate surface area is 194 Å². The fourth-order valence-corrected chi connectivity index (χ4v) is 4.97. The van der Waals surface area contributed by atoms with Gasteiger partial charge in [-0.1, -0.05) is 38.1 Å². The molecule has 8 nitrogen and oxygen atoms in total. The molecule has 0 aromatic heterocycles. The predicted octanol–water partition coefficient (Wildman–Crippen LogP) is 2.47. The van der Waals surface area contributed by atoms with Crippen molar-refractivity contribution in [2.75, 3.05) is 25.5 Å². The summed E-state index contributed by atoms with van der Waals surface area (Å²) in [6, 6.07) is 9.58. The number of rotatable bonds is 6. The van der Waals surface area contributed by atoms with E-state index in [2.05, 4.69) is 26.6 Å². The summed E-state index contributed by atoms with van der Waals surface area (Å²) in [5, 5.41) is 10.4. The van der Waals surface area contributed by atoms with Gasteiger partial charge in [0.05, 0.1) is 15.7 Å². The molecule has 1 aliphatic heterocycles. The fourth-order valence-electron chi connectivity index (χ4n) is 3.82. The minimum atomic E-state index is -4.00. The Bertz CT molecular complexity index is 1180. The third-order valence-electron chi connectivity index (χ3n) is 5.57. The van der Waals surface area contributed by atoms with E-state index in [1.165, 1.54) is 13.1 Å². The highest BCUT2D eigenvalue weighted by atomic mass is 79.9. The van der Waals surface area contributed by atoms with E-state index in [4.69, 9.17) is 5.14 Å². The Morgan fingerprint density at radius 1 is 1.22 bits per heavy atom. The lowest BCUT2D eigenvalue weighted by Crippen LogP contribution is -2.67. The van der Waals surface area contributed by atoms with Crippen LogP contribution in [0.4, 0.5) is 10.1 Å². The summed E-state index contributed by atoms with van der Waals surface area (Å²) in [6.07, 6.45) is 0. The van der Waals surface area contributed by atoms with E-state index in [-0.39, 0.29) is 34.7 Å². The molecule has 3 rings (SSSR count). The fraction of sp³-hybridized carbons (Fsp3) is 0.333. The molecule has 0 saturated carbocycles. The number of amides is 2. The molecule has 0 atom stereocenters. The van der Waals surface area contributed by atoms with Crippen LogP contribution in [0.5, 0.6) is 0 Å². The van der Waals surface area contributed by atoms with Gasteiger partial charge >= 0.3 is 0 Å². The van der Waals surface area contributed by atoms with Crippen molar-refractivity contribution in [3.05, 3.63) is 63.4 Å². The highest BCUT2D eigenvalue weighted by molar-refractivity contribution is 9.10. The molecule has 4 N–H and O–H groups in total. The first-order valence-corrected chi connectivity index (χ1v) is 12.1.